The molecule has 2 aliphatic heterocycles. The fourth-order valence-corrected chi connectivity index (χ4v) is 5.59. The lowest BCUT2D eigenvalue weighted by molar-refractivity contribution is -0.164. The second kappa shape index (κ2) is 13.7. The van der Waals surface area contributed by atoms with Crippen LogP contribution in [0.3, 0.4) is 0 Å². The highest BCUT2D eigenvalue weighted by Crippen LogP contribution is 2.43. The zero-order valence-electron chi connectivity index (χ0n) is 25.1. The van der Waals surface area contributed by atoms with Crippen LogP contribution in [0.25, 0.3) is 0 Å². The first kappa shape index (κ1) is 31.5. The molecule has 11 nitrogen and oxygen atoms in total. The Hall–Kier alpha value is -4.41. The molecule has 2 saturated heterocycles. The average Bonchev–Trinajstić information content (AvgIpc) is 3.65. The van der Waals surface area contributed by atoms with Gasteiger partial charge < -0.3 is 29.9 Å². The van der Waals surface area contributed by atoms with Crippen molar-refractivity contribution >= 4 is 35.5 Å². The number of anilines is 1. The van der Waals surface area contributed by atoms with Gasteiger partial charge in [-0.25, -0.2) is 14.4 Å². The van der Waals surface area contributed by atoms with E-state index in [1.54, 1.807) is 50.8 Å². The molecule has 0 aliphatic carbocycles. The van der Waals surface area contributed by atoms with Crippen molar-refractivity contribution in [1.82, 2.24) is 15.1 Å². The second-order valence-electron chi connectivity index (χ2n) is 11.7. The van der Waals surface area contributed by atoms with Crippen molar-refractivity contribution in [3.05, 3.63) is 65.7 Å². The molecule has 2 aromatic rings. The summed E-state index contributed by atoms with van der Waals surface area (Å²) in [4.78, 5) is 69.1. The molecule has 0 bridgehead atoms. The van der Waals surface area contributed by atoms with Crippen LogP contribution in [0, 0.1) is 5.92 Å². The number of nitrogens with zero attached hydrogens (tertiary/aromatic N) is 2. The molecule has 230 valence electrons. The van der Waals surface area contributed by atoms with Gasteiger partial charge in [-0.15, -0.1) is 0 Å². The molecule has 2 fully saturated rings. The Morgan fingerprint density at radius 2 is 1.65 bits per heavy atom. The highest BCUT2D eigenvalue weighted by Gasteiger charge is 2.52. The van der Waals surface area contributed by atoms with Gasteiger partial charge in [0.15, 0.2) is 0 Å². The number of carbonyl (C=O) groups is 5. The van der Waals surface area contributed by atoms with E-state index in [9.17, 15) is 24.0 Å². The summed E-state index contributed by atoms with van der Waals surface area (Å²) in [6.45, 7) is 8.00. The Bertz CT molecular complexity index is 1330. The molecule has 0 saturated carbocycles. The predicted molar refractivity (Wildman–Crippen MR) is 159 cm³/mol. The summed E-state index contributed by atoms with van der Waals surface area (Å²) in [5, 5.41) is 5.17. The van der Waals surface area contributed by atoms with Crippen molar-refractivity contribution in [2.24, 2.45) is 5.92 Å². The Morgan fingerprint density at radius 1 is 0.953 bits per heavy atom. The van der Waals surface area contributed by atoms with Crippen LogP contribution in [-0.2, 0) is 23.9 Å². The van der Waals surface area contributed by atoms with Crippen LogP contribution in [0.2, 0.25) is 0 Å². The summed E-state index contributed by atoms with van der Waals surface area (Å²) in [5.41, 5.74) is 0.523. The molecule has 2 heterocycles. The number of esters is 2. The Labute approximate surface area is 251 Å². The summed E-state index contributed by atoms with van der Waals surface area (Å²) in [7, 11) is 0. The van der Waals surface area contributed by atoms with Gasteiger partial charge in [0.25, 0.3) is 0 Å². The van der Waals surface area contributed by atoms with E-state index >= 15 is 0 Å². The van der Waals surface area contributed by atoms with E-state index < -0.39 is 54.0 Å². The molecule has 2 aromatic carbocycles. The molecular formula is C32H40N4O7. The molecule has 4 amide bonds. The molecule has 3 unspecified atom stereocenters. The van der Waals surface area contributed by atoms with Gasteiger partial charge in [0, 0.05) is 18.8 Å². The molecule has 2 N–H and O–H groups in total. The monoisotopic (exact) mass is 592 g/mol. The van der Waals surface area contributed by atoms with Crippen LogP contribution < -0.4 is 10.6 Å². The van der Waals surface area contributed by atoms with E-state index in [1.807, 2.05) is 30.3 Å². The van der Waals surface area contributed by atoms with Crippen molar-refractivity contribution in [3.8, 4) is 0 Å². The zero-order chi connectivity index (χ0) is 31.1. The number of nitrogens with one attached hydrogen (secondary N) is 2. The van der Waals surface area contributed by atoms with E-state index in [2.05, 4.69) is 10.6 Å². The highest BCUT2D eigenvalue weighted by molar-refractivity contribution is 5.96. The van der Waals surface area contributed by atoms with Gasteiger partial charge in [0.2, 0.25) is 11.8 Å². The van der Waals surface area contributed by atoms with Gasteiger partial charge in [-0.05, 0) is 70.7 Å². The highest BCUT2D eigenvalue weighted by atomic mass is 16.6. The minimum absolute atomic E-state index is 0.0950. The van der Waals surface area contributed by atoms with Crippen LogP contribution in [0.15, 0.2) is 54.6 Å². The van der Waals surface area contributed by atoms with E-state index in [0.717, 1.165) is 18.4 Å². The molecule has 0 spiro atoms. The lowest BCUT2D eigenvalue weighted by Gasteiger charge is -2.33. The largest absolute Gasteiger partial charge is 0.462 e. The Balaban J connectivity index is 1.56. The lowest BCUT2D eigenvalue weighted by atomic mass is 9.91. The summed E-state index contributed by atoms with van der Waals surface area (Å²) in [5.74, 6) is -2.40. The minimum atomic E-state index is -1.01. The van der Waals surface area contributed by atoms with Crippen LogP contribution in [-0.4, -0.2) is 77.5 Å². The second-order valence-corrected chi connectivity index (χ2v) is 11.7. The van der Waals surface area contributed by atoms with Crippen LogP contribution >= 0.6 is 0 Å². The van der Waals surface area contributed by atoms with Gasteiger partial charge in [-0.1, -0.05) is 36.4 Å². The maximum atomic E-state index is 13.9. The molecule has 0 radical (unpaired) electrons. The average molecular weight is 593 g/mol. The number of hydrogen-bond acceptors (Lipinski definition) is 7. The van der Waals surface area contributed by atoms with Crippen molar-refractivity contribution < 1.29 is 33.4 Å². The third kappa shape index (κ3) is 7.91. The first-order valence-corrected chi connectivity index (χ1v) is 14.7. The maximum Gasteiger partial charge on any atom is 0.338 e. The fraction of sp³-hybridized carbons (Fsp3) is 0.469. The SMILES string of the molecule is CCOC(=O)c1cccc(NC(=O)NCC(=O)N2C(C(=O)OC(C)(C)C)CC(C(=O)N3CCCC3)C2c2ccccc2)c1. The standard InChI is InChI=1S/C32H40N4O7/c1-5-42-29(39)22-14-11-15-23(18-22)34-31(41)33-20-26(37)36-25(30(40)43-32(2,3)4)19-24(28(38)35-16-9-10-17-35)27(36)21-12-7-6-8-13-21/h6-8,11-15,18,24-25,27H,5,9-10,16-17,19-20H2,1-4H3,(H2,33,34,41). The molecule has 2 aliphatic rings. The summed E-state index contributed by atoms with van der Waals surface area (Å²) < 4.78 is 10.7. The van der Waals surface area contributed by atoms with Crippen molar-refractivity contribution in [2.75, 3.05) is 31.6 Å². The Morgan fingerprint density at radius 3 is 2.30 bits per heavy atom. The number of urea groups is 1. The molecule has 43 heavy (non-hydrogen) atoms. The van der Waals surface area contributed by atoms with Crippen LogP contribution in [0.1, 0.15) is 68.9 Å². The van der Waals surface area contributed by atoms with Gasteiger partial charge in [-0.2, -0.15) is 0 Å². The van der Waals surface area contributed by atoms with Crippen molar-refractivity contribution in [2.45, 2.75) is 64.6 Å². The first-order chi connectivity index (χ1) is 20.5. The number of amides is 4. The quantitative estimate of drug-likeness (QED) is 0.444. The van der Waals surface area contributed by atoms with Gasteiger partial charge in [0.05, 0.1) is 30.7 Å². The number of likely N-dealkylation sites (tertiary alicyclic amines) is 2. The minimum Gasteiger partial charge on any atom is -0.462 e. The molecule has 0 aromatic heterocycles. The third-order valence-corrected chi connectivity index (χ3v) is 7.37. The van der Waals surface area contributed by atoms with Gasteiger partial charge in [-0.3, -0.25) is 9.59 Å². The van der Waals surface area contributed by atoms with E-state index in [1.165, 1.54) is 11.0 Å². The van der Waals surface area contributed by atoms with Gasteiger partial charge >= 0.3 is 18.0 Å². The maximum absolute atomic E-state index is 13.9. The molecule has 4 rings (SSSR count). The van der Waals surface area contributed by atoms with Crippen molar-refractivity contribution in [3.63, 3.8) is 0 Å². The Kier molecular flexibility index (Phi) is 10.1. The van der Waals surface area contributed by atoms with E-state index in [0.29, 0.717) is 18.8 Å². The third-order valence-electron chi connectivity index (χ3n) is 7.37. The van der Waals surface area contributed by atoms with Gasteiger partial charge in [0.1, 0.15) is 11.6 Å². The number of ether oxygens (including phenoxy) is 2. The zero-order valence-corrected chi connectivity index (χ0v) is 25.1. The van der Waals surface area contributed by atoms with Crippen LogP contribution in [0.4, 0.5) is 10.5 Å². The number of hydrogen-bond donors (Lipinski definition) is 2. The summed E-state index contributed by atoms with van der Waals surface area (Å²) in [6.07, 6.45) is 1.94. The molecule has 3 atom stereocenters. The number of benzene rings is 2. The van der Waals surface area contributed by atoms with Crippen molar-refractivity contribution in [1.29, 1.82) is 0 Å². The number of carbonyl (C=O) groups excluding carboxylic acids is 5. The predicted octanol–water partition coefficient (Wildman–Crippen LogP) is 3.91. The van der Waals surface area contributed by atoms with E-state index in [-0.39, 0.29) is 24.5 Å². The van der Waals surface area contributed by atoms with E-state index in [4.69, 9.17) is 9.47 Å². The topological polar surface area (TPSA) is 134 Å². The smallest absolute Gasteiger partial charge is 0.338 e. The molecule has 11 heteroatoms. The summed E-state index contributed by atoms with van der Waals surface area (Å²) in [6, 6.07) is 13.0. The number of rotatable bonds is 8. The first-order valence-electron chi connectivity index (χ1n) is 14.7. The normalized spacial score (nSPS) is 20.0. The fourth-order valence-electron chi connectivity index (χ4n) is 5.59. The summed E-state index contributed by atoms with van der Waals surface area (Å²) >= 11 is 0. The van der Waals surface area contributed by atoms with Crippen LogP contribution in [0.5, 0.6) is 0 Å². The lowest BCUT2D eigenvalue weighted by Crippen LogP contribution is -2.49. The molecular weight excluding hydrogens is 552 g/mol.